The van der Waals surface area contributed by atoms with Gasteiger partial charge in [0.15, 0.2) is 0 Å². The summed E-state index contributed by atoms with van der Waals surface area (Å²) in [5.41, 5.74) is 1.47. The summed E-state index contributed by atoms with van der Waals surface area (Å²) < 4.78 is 1.96. The van der Waals surface area contributed by atoms with Gasteiger partial charge < -0.3 is 4.90 Å². The zero-order chi connectivity index (χ0) is 15.0. The molecule has 2 aromatic heterocycles. The lowest BCUT2D eigenvalue weighted by atomic mass is 10.0. The Labute approximate surface area is 123 Å². The number of aryl methyl sites for hydroxylation is 3. The third-order valence-corrected chi connectivity index (χ3v) is 4.00. The number of carbonyl (C=O) groups excluding carboxylic acids is 1. The van der Waals surface area contributed by atoms with E-state index in [1.165, 1.54) is 0 Å². The first-order chi connectivity index (χ1) is 10.1. The Morgan fingerprint density at radius 2 is 2.19 bits per heavy atom. The van der Waals surface area contributed by atoms with Crippen LogP contribution in [0, 0.1) is 20.8 Å². The molecular formula is C14H20N6O. The van der Waals surface area contributed by atoms with Crippen molar-refractivity contribution in [2.45, 2.75) is 39.7 Å². The highest BCUT2D eigenvalue weighted by Crippen LogP contribution is 2.23. The lowest BCUT2D eigenvalue weighted by molar-refractivity contribution is 0.0670. The number of piperidine rings is 1. The summed E-state index contributed by atoms with van der Waals surface area (Å²) in [5, 5.41) is 11.2. The van der Waals surface area contributed by atoms with Gasteiger partial charge in [0.2, 0.25) is 0 Å². The topological polar surface area (TPSA) is 79.7 Å². The molecule has 1 atom stereocenters. The Kier molecular flexibility index (Phi) is 3.48. The molecule has 1 aliphatic heterocycles. The molecule has 1 unspecified atom stereocenters. The van der Waals surface area contributed by atoms with Crippen molar-refractivity contribution in [3.05, 3.63) is 29.1 Å². The minimum atomic E-state index is 0.0421. The standard InChI is InChI=1S/C14H20N6O/c1-9-13(7-15-17-9)14(21)19-6-4-5-12(8-19)20-11(3)16-10(2)18-20/h7,12H,4-6,8H2,1-3H3,(H,15,17). The van der Waals surface area contributed by atoms with Crippen molar-refractivity contribution in [3.63, 3.8) is 0 Å². The maximum atomic E-state index is 12.6. The van der Waals surface area contributed by atoms with Gasteiger partial charge in [-0.25, -0.2) is 9.67 Å². The van der Waals surface area contributed by atoms with Crippen LogP contribution in [-0.4, -0.2) is 48.9 Å². The van der Waals surface area contributed by atoms with Crippen molar-refractivity contribution in [2.24, 2.45) is 0 Å². The third kappa shape index (κ3) is 2.55. The van der Waals surface area contributed by atoms with E-state index in [4.69, 9.17) is 0 Å². The van der Waals surface area contributed by atoms with Gasteiger partial charge in [0.25, 0.3) is 5.91 Å². The van der Waals surface area contributed by atoms with Gasteiger partial charge in [-0.2, -0.15) is 10.2 Å². The van der Waals surface area contributed by atoms with Crippen LogP contribution in [0.3, 0.4) is 0 Å². The summed E-state index contributed by atoms with van der Waals surface area (Å²) in [7, 11) is 0. The second kappa shape index (κ2) is 5.31. The van der Waals surface area contributed by atoms with Crippen molar-refractivity contribution in [3.8, 4) is 0 Å². The molecule has 1 saturated heterocycles. The zero-order valence-corrected chi connectivity index (χ0v) is 12.6. The van der Waals surface area contributed by atoms with Crippen LogP contribution in [0.25, 0.3) is 0 Å². The van der Waals surface area contributed by atoms with E-state index in [0.717, 1.165) is 36.7 Å². The fourth-order valence-corrected chi connectivity index (χ4v) is 2.96. The Bertz CT molecular complexity index is 658. The number of nitrogens with zero attached hydrogens (tertiary/aromatic N) is 5. The molecule has 0 radical (unpaired) electrons. The van der Waals surface area contributed by atoms with Gasteiger partial charge in [0.05, 0.1) is 17.8 Å². The van der Waals surface area contributed by atoms with E-state index in [0.29, 0.717) is 12.1 Å². The molecule has 2 aromatic rings. The van der Waals surface area contributed by atoms with Crippen LogP contribution >= 0.6 is 0 Å². The Balaban J connectivity index is 1.79. The average molecular weight is 288 g/mol. The zero-order valence-electron chi connectivity index (χ0n) is 12.6. The molecule has 0 spiro atoms. The van der Waals surface area contributed by atoms with Crippen LogP contribution in [-0.2, 0) is 0 Å². The Morgan fingerprint density at radius 1 is 1.38 bits per heavy atom. The molecule has 0 saturated carbocycles. The van der Waals surface area contributed by atoms with E-state index >= 15 is 0 Å². The normalized spacial score (nSPS) is 19.0. The number of aromatic amines is 1. The molecule has 0 aliphatic carbocycles. The van der Waals surface area contributed by atoms with Gasteiger partial charge in [0, 0.05) is 18.8 Å². The number of rotatable bonds is 2. The van der Waals surface area contributed by atoms with Crippen LogP contribution in [0.2, 0.25) is 0 Å². The van der Waals surface area contributed by atoms with Crippen molar-refractivity contribution in [1.29, 1.82) is 0 Å². The molecule has 1 amide bonds. The number of amides is 1. The summed E-state index contributed by atoms with van der Waals surface area (Å²) in [5.74, 6) is 1.73. The van der Waals surface area contributed by atoms with Crippen LogP contribution < -0.4 is 0 Å². The van der Waals surface area contributed by atoms with E-state index < -0.39 is 0 Å². The minimum Gasteiger partial charge on any atom is -0.336 e. The van der Waals surface area contributed by atoms with Gasteiger partial charge in [0.1, 0.15) is 11.6 Å². The smallest absolute Gasteiger partial charge is 0.257 e. The number of carbonyl (C=O) groups is 1. The van der Waals surface area contributed by atoms with Crippen LogP contribution in [0.1, 0.15) is 46.6 Å². The molecule has 0 aromatic carbocycles. The molecule has 3 rings (SSSR count). The van der Waals surface area contributed by atoms with Crippen LogP contribution in [0.5, 0.6) is 0 Å². The van der Waals surface area contributed by atoms with E-state index in [-0.39, 0.29) is 11.9 Å². The second-order valence-corrected chi connectivity index (χ2v) is 5.61. The van der Waals surface area contributed by atoms with E-state index in [1.807, 2.05) is 30.4 Å². The third-order valence-electron chi connectivity index (χ3n) is 4.00. The highest BCUT2D eigenvalue weighted by molar-refractivity contribution is 5.95. The van der Waals surface area contributed by atoms with Crippen molar-refractivity contribution >= 4 is 5.91 Å². The largest absolute Gasteiger partial charge is 0.336 e. The van der Waals surface area contributed by atoms with E-state index in [9.17, 15) is 4.79 Å². The summed E-state index contributed by atoms with van der Waals surface area (Å²) in [4.78, 5) is 18.8. The van der Waals surface area contributed by atoms with Crippen LogP contribution in [0.4, 0.5) is 0 Å². The first kappa shape index (κ1) is 13.8. The molecule has 1 fully saturated rings. The van der Waals surface area contributed by atoms with Gasteiger partial charge in [-0.3, -0.25) is 9.89 Å². The fraction of sp³-hybridized carbons (Fsp3) is 0.571. The van der Waals surface area contributed by atoms with E-state index in [1.54, 1.807) is 6.20 Å². The second-order valence-electron chi connectivity index (χ2n) is 5.61. The molecular weight excluding hydrogens is 268 g/mol. The molecule has 0 bridgehead atoms. The number of nitrogens with one attached hydrogen (secondary N) is 1. The molecule has 7 nitrogen and oxygen atoms in total. The molecule has 112 valence electrons. The quantitative estimate of drug-likeness (QED) is 0.906. The Hall–Kier alpha value is -2.18. The highest BCUT2D eigenvalue weighted by Gasteiger charge is 2.28. The predicted molar refractivity (Wildman–Crippen MR) is 77.0 cm³/mol. The molecule has 3 heterocycles. The maximum Gasteiger partial charge on any atom is 0.257 e. The lowest BCUT2D eigenvalue weighted by Crippen LogP contribution is -2.41. The van der Waals surface area contributed by atoms with Crippen molar-refractivity contribution in [2.75, 3.05) is 13.1 Å². The summed E-state index contributed by atoms with van der Waals surface area (Å²) in [6, 6.07) is 0.205. The minimum absolute atomic E-state index is 0.0421. The summed E-state index contributed by atoms with van der Waals surface area (Å²) in [6.07, 6.45) is 3.61. The first-order valence-corrected chi connectivity index (χ1v) is 7.25. The van der Waals surface area contributed by atoms with Gasteiger partial charge in [-0.15, -0.1) is 0 Å². The number of hydrogen-bond acceptors (Lipinski definition) is 4. The number of aromatic nitrogens is 5. The van der Waals surface area contributed by atoms with Crippen molar-refractivity contribution in [1.82, 2.24) is 29.9 Å². The molecule has 7 heteroatoms. The maximum absolute atomic E-state index is 12.6. The summed E-state index contributed by atoms with van der Waals surface area (Å²) in [6.45, 7) is 7.18. The average Bonchev–Trinajstić information content (AvgIpc) is 3.03. The van der Waals surface area contributed by atoms with Gasteiger partial charge >= 0.3 is 0 Å². The first-order valence-electron chi connectivity index (χ1n) is 7.25. The SMILES string of the molecule is Cc1nc(C)n(C2CCCN(C(=O)c3cn[nH]c3C)C2)n1. The van der Waals surface area contributed by atoms with E-state index in [2.05, 4.69) is 20.3 Å². The number of H-pyrrole nitrogens is 1. The predicted octanol–water partition coefficient (Wildman–Crippen LogP) is 1.40. The van der Waals surface area contributed by atoms with Gasteiger partial charge in [-0.1, -0.05) is 0 Å². The lowest BCUT2D eigenvalue weighted by Gasteiger charge is -2.33. The Morgan fingerprint density at radius 3 is 2.81 bits per heavy atom. The number of hydrogen-bond donors (Lipinski definition) is 1. The number of likely N-dealkylation sites (tertiary alicyclic amines) is 1. The summed E-state index contributed by atoms with van der Waals surface area (Å²) >= 11 is 0. The fourth-order valence-electron chi connectivity index (χ4n) is 2.96. The molecule has 21 heavy (non-hydrogen) atoms. The van der Waals surface area contributed by atoms with Crippen LogP contribution in [0.15, 0.2) is 6.20 Å². The van der Waals surface area contributed by atoms with Crippen molar-refractivity contribution < 1.29 is 4.79 Å². The molecule has 1 N–H and O–H groups in total. The monoisotopic (exact) mass is 288 g/mol. The highest BCUT2D eigenvalue weighted by atomic mass is 16.2. The molecule has 1 aliphatic rings. The van der Waals surface area contributed by atoms with Gasteiger partial charge in [-0.05, 0) is 33.6 Å².